The molecule has 1 aliphatic rings. The summed E-state index contributed by atoms with van der Waals surface area (Å²) in [6.45, 7) is 8.93. The van der Waals surface area contributed by atoms with Crippen molar-refractivity contribution >= 4 is 0 Å². The molecule has 0 radical (unpaired) electrons. The zero-order valence-corrected chi connectivity index (χ0v) is 9.42. The second-order valence-electron chi connectivity index (χ2n) is 4.82. The monoisotopic (exact) mass is 197 g/mol. The van der Waals surface area contributed by atoms with E-state index in [-0.39, 0.29) is 6.04 Å². The van der Waals surface area contributed by atoms with Gasteiger partial charge in [0.25, 0.3) is 0 Å². The molecule has 1 fully saturated rings. The largest absolute Gasteiger partial charge is 0.389 e. The molecule has 1 rings (SSSR count). The van der Waals surface area contributed by atoms with Gasteiger partial charge in [0, 0.05) is 6.04 Å². The number of nitrogens with one attached hydrogen (secondary N) is 1. The van der Waals surface area contributed by atoms with E-state index in [0.29, 0.717) is 0 Å². The Bertz CT molecular complexity index is 189. The molecule has 3 atom stereocenters. The maximum atomic E-state index is 10.3. The average molecular weight is 197 g/mol. The second kappa shape index (κ2) is 4.94. The lowest BCUT2D eigenvalue weighted by Crippen LogP contribution is -2.52. The summed E-state index contributed by atoms with van der Waals surface area (Å²) in [5, 5.41) is 13.7. The molecule has 0 aromatic heterocycles. The van der Waals surface area contributed by atoms with Crippen molar-refractivity contribution in [1.29, 1.82) is 0 Å². The van der Waals surface area contributed by atoms with Crippen molar-refractivity contribution in [3.8, 4) is 0 Å². The van der Waals surface area contributed by atoms with Crippen LogP contribution in [0.5, 0.6) is 0 Å². The lowest BCUT2D eigenvalue weighted by atomic mass is 9.82. The predicted octanol–water partition coefficient (Wildman–Crippen LogP) is 2.09. The number of rotatable bonds is 4. The van der Waals surface area contributed by atoms with Gasteiger partial charge in [-0.15, -0.1) is 6.58 Å². The van der Waals surface area contributed by atoms with Crippen molar-refractivity contribution < 1.29 is 5.11 Å². The Hall–Kier alpha value is -0.340. The normalized spacial score (nSPS) is 32.2. The van der Waals surface area contributed by atoms with E-state index < -0.39 is 5.60 Å². The van der Waals surface area contributed by atoms with Crippen LogP contribution in [-0.4, -0.2) is 23.3 Å². The van der Waals surface area contributed by atoms with Crippen LogP contribution in [0.2, 0.25) is 0 Å². The molecule has 0 saturated carbocycles. The molecule has 1 heterocycles. The van der Waals surface area contributed by atoms with Gasteiger partial charge in [-0.3, -0.25) is 0 Å². The standard InChI is InChI=1S/C12H23NO/c1-4-5-7-12(3,14)11-9-10(2)6-8-13-11/h4,10-11,13-14H,1,5-9H2,2-3H3. The first-order valence-electron chi connectivity index (χ1n) is 5.63. The molecular weight excluding hydrogens is 174 g/mol. The number of aliphatic hydroxyl groups is 1. The molecule has 2 N–H and O–H groups in total. The quantitative estimate of drug-likeness (QED) is 0.676. The Labute approximate surface area is 87.4 Å². The molecular formula is C12H23NO. The van der Waals surface area contributed by atoms with Crippen LogP contribution in [0.25, 0.3) is 0 Å². The zero-order valence-electron chi connectivity index (χ0n) is 9.42. The Balaban J connectivity index is 2.47. The number of hydrogen-bond acceptors (Lipinski definition) is 2. The Kier molecular flexibility index (Phi) is 4.14. The van der Waals surface area contributed by atoms with E-state index in [4.69, 9.17) is 0 Å². The summed E-state index contributed by atoms with van der Waals surface area (Å²) in [5.74, 6) is 0.733. The van der Waals surface area contributed by atoms with Gasteiger partial charge in [0.05, 0.1) is 5.60 Å². The molecule has 0 aromatic carbocycles. The SMILES string of the molecule is C=CCCC(C)(O)C1CC(C)CCN1. The highest BCUT2D eigenvalue weighted by Crippen LogP contribution is 2.26. The summed E-state index contributed by atoms with van der Waals surface area (Å²) >= 11 is 0. The van der Waals surface area contributed by atoms with Crippen molar-refractivity contribution in [2.24, 2.45) is 5.92 Å². The summed E-state index contributed by atoms with van der Waals surface area (Å²) in [6, 6.07) is 0.256. The molecule has 0 bridgehead atoms. The van der Waals surface area contributed by atoms with Crippen LogP contribution >= 0.6 is 0 Å². The van der Waals surface area contributed by atoms with Crippen LogP contribution in [0.1, 0.15) is 39.5 Å². The molecule has 14 heavy (non-hydrogen) atoms. The van der Waals surface area contributed by atoms with Gasteiger partial charge in [-0.25, -0.2) is 0 Å². The fourth-order valence-corrected chi connectivity index (χ4v) is 2.15. The molecule has 0 aromatic rings. The van der Waals surface area contributed by atoms with Gasteiger partial charge < -0.3 is 10.4 Å². The van der Waals surface area contributed by atoms with Gasteiger partial charge in [-0.1, -0.05) is 13.0 Å². The van der Waals surface area contributed by atoms with Gasteiger partial charge in [-0.05, 0) is 45.1 Å². The summed E-state index contributed by atoms with van der Waals surface area (Å²) < 4.78 is 0. The van der Waals surface area contributed by atoms with Crippen molar-refractivity contribution in [2.45, 2.75) is 51.2 Å². The van der Waals surface area contributed by atoms with Crippen LogP contribution in [0.3, 0.4) is 0 Å². The fourth-order valence-electron chi connectivity index (χ4n) is 2.15. The van der Waals surface area contributed by atoms with E-state index in [0.717, 1.165) is 31.7 Å². The highest BCUT2D eigenvalue weighted by Gasteiger charge is 2.33. The maximum absolute atomic E-state index is 10.3. The fraction of sp³-hybridized carbons (Fsp3) is 0.833. The lowest BCUT2D eigenvalue weighted by molar-refractivity contribution is -0.00342. The van der Waals surface area contributed by atoms with Crippen molar-refractivity contribution in [3.05, 3.63) is 12.7 Å². The molecule has 82 valence electrons. The first-order valence-corrected chi connectivity index (χ1v) is 5.63. The smallest absolute Gasteiger partial charge is 0.0775 e. The van der Waals surface area contributed by atoms with Gasteiger partial charge >= 0.3 is 0 Å². The van der Waals surface area contributed by atoms with E-state index in [2.05, 4.69) is 18.8 Å². The minimum absolute atomic E-state index is 0.256. The average Bonchev–Trinajstić information content (AvgIpc) is 2.15. The number of piperidine rings is 1. The lowest BCUT2D eigenvalue weighted by Gasteiger charge is -2.38. The molecule has 0 spiro atoms. The van der Waals surface area contributed by atoms with Crippen LogP contribution < -0.4 is 5.32 Å². The first-order chi connectivity index (χ1) is 6.56. The van der Waals surface area contributed by atoms with Crippen molar-refractivity contribution in [1.82, 2.24) is 5.32 Å². The Morgan fingerprint density at radius 3 is 2.93 bits per heavy atom. The van der Waals surface area contributed by atoms with Crippen LogP contribution in [0, 0.1) is 5.92 Å². The van der Waals surface area contributed by atoms with Gasteiger partial charge in [0.2, 0.25) is 0 Å². The van der Waals surface area contributed by atoms with Gasteiger partial charge in [0.1, 0.15) is 0 Å². The van der Waals surface area contributed by atoms with Crippen LogP contribution in [-0.2, 0) is 0 Å². The van der Waals surface area contributed by atoms with Crippen LogP contribution in [0.15, 0.2) is 12.7 Å². The molecule has 0 aliphatic carbocycles. The molecule has 3 unspecified atom stereocenters. The van der Waals surface area contributed by atoms with E-state index in [9.17, 15) is 5.11 Å². The Morgan fingerprint density at radius 1 is 1.64 bits per heavy atom. The van der Waals surface area contributed by atoms with Crippen molar-refractivity contribution in [3.63, 3.8) is 0 Å². The third-order valence-corrected chi connectivity index (χ3v) is 3.27. The van der Waals surface area contributed by atoms with E-state index in [1.165, 1.54) is 6.42 Å². The second-order valence-corrected chi connectivity index (χ2v) is 4.82. The molecule has 1 saturated heterocycles. The molecule has 2 heteroatoms. The van der Waals surface area contributed by atoms with E-state index in [1.54, 1.807) is 0 Å². The first kappa shape index (κ1) is 11.7. The zero-order chi connectivity index (χ0) is 10.6. The maximum Gasteiger partial charge on any atom is 0.0775 e. The summed E-state index contributed by atoms with van der Waals surface area (Å²) in [7, 11) is 0. The third-order valence-electron chi connectivity index (χ3n) is 3.27. The minimum atomic E-state index is -0.580. The molecule has 0 amide bonds. The number of allylic oxidation sites excluding steroid dienone is 1. The highest BCUT2D eigenvalue weighted by atomic mass is 16.3. The van der Waals surface area contributed by atoms with Gasteiger partial charge in [0.15, 0.2) is 0 Å². The van der Waals surface area contributed by atoms with Crippen LogP contribution in [0.4, 0.5) is 0 Å². The predicted molar refractivity (Wildman–Crippen MR) is 60.2 cm³/mol. The summed E-state index contributed by atoms with van der Waals surface area (Å²) in [6.07, 6.45) is 5.89. The summed E-state index contributed by atoms with van der Waals surface area (Å²) in [4.78, 5) is 0. The highest BCUT2D eigenvalue weighted by molar-refractivity contribution is 4.92. The minimum Gasteiger partial charge on any atom is -0.389 e. The molecule has 2 nitrogen and oxygen atoms in total. The summed E-state index contributed by atoms with van der Waals surface area (Å²) in [5.41, 5.74) is -0.580. The third kappa shape index (κ3) is 3.10. The number of hydrogen-bond donors (Lipinski definition) is 2. The van der Waals surface area contributed by atoms with Gasteiger partial charge in [-0.2, -0.15) is 0 Å². The van der Waals surface area contributed by atoms with E-state index >= 15 is 0 Å². The Morgan fingerprint density at radius 2 is 2.36 bits per heavy atom. The van der Waals surface area contributed by atoms with Crippen molar-refractivity contribution in [2.75, 3.05) is 6.54 Å². The van der Waals surface area contributed by atoms with E-state index in [1.807, 2.05) is 13.0 Å². The molecule has 1 aliphatic heterocycles. The topological polar surface area (TPSA) is 32.3 Å².